The fraction of sp³-hybridized carbons (Fsp3) is 0.214. The number of benzene rings is 1. The van der Waals surface area contributed by atoms with Crippen molar-refractivity contribution >= 4 is 15.7 Å². The highest BCUT2D eigenvalue weighted by Crippen LogP contribution is 2.18. The van der Waals surface area contributed by atoms with Gasteiger partial charge in [-0.3, -0.25) is 4.79 Å². The Hall–Kier alpha value is -1.88. The minimum atomic E-state index is -3.18. The Labute approximate surface area is 113 Å². The first-order valence-corrected chi connectivity index (χ1v) is 7.61. The van der Waals surface area contributed by atoms with Gasteiger partial charge < -0.3 is 4.90 Å². The van der Waals surface area contributed by atoms with Crippen molar-refractivity contribution in [3.05, 3.63) is 60.0 Å². The minimum absolute atomic E-state index is 0.0561. The zero-order valence-electron chi connectivity index (χ0n) is 10.4. The first-order chi connectivity index (χ1) is 9.02. The van der Waals surface area contributed by atoms with Crippen molar-refractivity contribution in [1.82, 2.24) is 4.90 Å². The molecule has 0 radical (unpaired) electrons. The largest absolute Gasteiger partial charge is 0.327 e. The van der Waals surface area contributed by atoms with Crippen LogP contribution in [-0.2, 0) is 21.2 Å². The normalized spacial score (nSPS) is 20.1. The molecule has 0 aromatic heterocycles. The summed E-state index contributed by atoms with van der Waals surface area (Å²) in [6, 6.07) is 9.03. The molecule has 0 fully saturated rings. The van der Waals surface area contributed by atoms with Crippen molar-refractivity contribution in [2.45, 2.75) is 12.6 Å². The van der Waals surface area contributed by atoms with Gasteiger partial charge in [-0.25, -0.2) is 8.42 Å². The predicted molar refractivity (Wildman–Crippen MR) is 73.9 cm³/mol. The average molecular weight is 277 g/mol. The molecule has 0 N–H and O–H groups in total. The van der Waals surface area contributed by atoms with Gasteiger partial charge >= 0.3 is 0 Å². The molecule has 1 atom stereocenters. The highest BCUT2D eigenvalue weighted by molar-refractivity contribution is 7.94. The van der Waals surface area contributed by atoms with Crippen LogP contribution in [-0.4, -0.2) is 31.0 Å². The molecule has 0 saturated carbocycles. The monoisotopic (exact) mass is 277 g/mol. The molecular weight excluding hydrogens is 262 g/mol. The number of rotatable bonds is 4. The Kier molecular flexibility index (Phi) is 3.85. The van der Waals surface area contributed by atoms with E-state index in [1.165, 1.54) is 16.4 Å². The van der Waals surface area contributed by atoms with Gasteiger partial charge in [0.15, 0.2) is 9.84 Å². The second-order valence-electron chi connectivity index (χ2n) is 4.38. The highest BCUT2D eigenvalue weighted by atomic mass is 32.2. The third-order valence-electron chi connectivity index (χ3n) is 2.96. The number of sulfone groups is 1. The van der Waals surface area contributed by atoms with E-state index in [1.807, 2.05) is 30.3 Å². The molecule has 0 aliphatic carbocycles. The maximum Gasteiger partial charge on any atom is 0.246 e. The number of amides is 1. The lowest BCUT2D eigenvalue weighted by Crippen LogP contribution is -2.39. The Morgan fingerprint density at radius 1 is 1.37 bits per heavy atom. The second kappa shape index (κ2) is 5.40. The Bertz CT molecular complexity index is 605. The molecule has 0 bridgehead atoms. The molecule has 0 saturated heterocycles. The molecule has 1 heterocycles. The van der Waals surface area contributed by atoms with Crippen molar-refractivity contribution in [3.63, 3.8) is 0 Å². The summed E-state index contributed by atoms with van der Waals surface area (Å²) < 4.78 is 22.9. The summed E-state index contributed by atoms with van der Waals surface area (Å²) >= 11 is 0. The quantitative estimate of drug-likeness (QED) is 0.784. The minimum Gasteiger partial charge on any atom is -0.327 e. The molecule has 1 aliphatic heterocycles. The summed E-state index contributed by atoms with van der Waals surface area (Å²) in [4.78, 5) is 13.4. The first-order valence-electron chi connectivity index (χ1n) is 5.90. The molecule has 19 heavy (non-hydrogen) atoms. The number of hydrogen-bond donors (Lipinski definition) is 0. The van der Waals surface area contributed by atoms with Crippen LogP contribution in [0.15, 0.2) is 54.5 Å². The van der Waals surface area contributed by atoms with Gasteiger partial charge in [0.2, 0.25) is 5.91 Å². The standard InChI is InChI=1S/C14H15NO3S/c1-2-14(16)15(10-12-6-4-3-5-7-12)13-8-9-19(17,18)11-13/h2-9,13H,1,10-11H2/t13-/m1/s1. The molecule has 1 aromatic rings. The van der Waals surface area contributed by atoms with E-state index in [2.05, 4.69) is 6.58 Å². The van der Waals surface area contributed by atoms with E-state index in [0.29, 0.717) is 6.54 Å². The molecule has 100 valence electrons. The van der Waals surface area contributed by atoms with Crippen molar-refractivity contribution in [2.24, 2.45) is 0 Å². The van der Waals surface area contributed by atoms with Crippen molar-refractivity contribution in [3.8, 4) is 0 Å². The summed E-state index contributed by atoms with van der Waals surface area (Å²) in [6.45, 7) is 3.84. The summed E-state index contributed by atoms with van der Waals surface area (Å²) in [5, 5.41) is 1.17. The van der Waals surface area contributed by atoms with E-state index < -0.39 is 15.9 Å². The molecule has 1 aromatic carbocycles. The smallest absolute Gasteiger partial charge is 0.246 e. The fourth-order valence-electron chi connectivity index (χ4n) is 2.01. The molecule has 1 amide bonds. The SMILES string of the molecule is C=CC(=O)N(Cc1ccccc1)[C@@H]1C=CS(=O)(=O)C1. The lowest BCUT2D eigenvalue weighted by molar-refractivity contribution is -0.127. The summed E-state index contributed by atoms with van der Waals surface area (Å²) in [6.07, 6.45) is 2.77. The van der Waals surface area contributed by atoms with Gasteiger partial charge in [0.1, 0.15) is 0 Å². The third-order valence-corrected chi connectivity index (χ3v) is 4.34. The van der Waals surface area contributed by atoms with E-state index in [9.17, 15) is 13.2 Å². The first kappa shape index (κ1) is 13.5. The van der Waals surface area contributed by atoms with E-state index in [0.717, 1.165) is 5.56 Å². The number of hydrogen-bond acceptors (Lipinski definition) is 3. The van der Waals surface area contributed by atoms with Gasteiger partial charge in [-0.1, -0.05) is 36.9 Å². The maximum absolute atomic E-state index is 11.9. The third kappa shape index (κ3) is 3.32. The molecule has 5 heteroatoms. The molecule has 0 spiro atoms. The van der Waals surface area contributed by atoms with Crippen LogP contribution >= 0.6 is 0 Å². The predicted octanol–water partition coefficient (Wildman–Crippen LogP) is 1.51. The highest BCUT2D eigenvalue weighted by Gasteiger charge is 2.29. The molecule has 2 rings (SSSR count). The molecule has 4 nitrogen and oxygen atoms in total. The van der Waals surface area contributed by atoms with Gasteiger partial charge in [-0.2, -0.15) is 0 Å². The molecule has 1 aliphatic rings. The topological polar surface area (TPSA) is 54.5 Å². The van der Waals surface area contributed by atoms with Crippen LogP contribution < -0.4 is 0 Å². The Morgan fingerprint density at radius 2 is 2.05 bits per heavy atom. The lowest BCUT2D eigenvalue weighted by atomic mass is 10.1. The maximum atomic E-state index is 11.9. The number of carbonyl (C=O) groups is 1. The van der Waals surface area contributed by atoms with E-state index in [-0.39, 0.29) is 11.7 Å². The average Bonchev–Trinajstić information content (AvgIpc) is 2.76. The van der Waals surface area contributed by atoms with Gasteiger partial charge in [-0.15, -0.1) is 0 Å². The van der Waals surface area contributed by atoms with Gasteiger partial charge in [0.25, 0.3) is 0 Å². The Morgan fingerprint density at radius 3 is 2.58 bits per heavy atom. The summed E-state index contributed by atoms with van der Waals surface area (Å²) in [7, 11) is -3.18. The zero-order chi connectivity index (χ0) is 13.9. The summed E-state index contributed by atoms with van der Waals surface area (Å²) in [5.41, 5.74) is 0.954. The Balaban J connectivity index is 2.21. The summed E-state index contributed by atoms with van der Waals surface area (Å²) in [5.74, 6) is -0.324. The van der Waals surface area contributed by atoms with E-state index >= 15 is 0 Å². The van der Waals surface area contributed by atoms with Crippen molar-refractivity contribution in [2.75, 3.05) is 5.75 Å². The zero-order valence-corrected chi connectivity index (χ0v) is 11.2. The number of nitrogens with zero attached hydrogens (tertiary/aromatic N) is 1. The van der Waals surface area contributed by atoms with Crippen LogP contribution in [0, 0.1) is 0 Å². The lowest BCUT2D eigenvalue weighted by Gasteiger charge is -2.26. The van der Waals surface area contributed by atoms with Crippen LogP contribution in [0.5, 0.6) is 0 Å². The van der Waals surface area contributed by atoms with Crippen LogP contribution in [0.1, 0.15) is 5.56 Å². The van der Waals surface area contributed by atoms with Crippen molar-refractivity contribution in [1.29, 1.82) is 0 Å². The van der Waals surface area contributed by atoms with Crippen LogP contribution in [0.4, 0.5) is 0 Å². The number of carbonyl (C=O) groups excluding carboxylic acids is 1. The van der Waals surface area contributed by atoms with Gasteiger partial charge in [-0.05, 0) is 17.7 Å². The fourth-order valence-corrected chi connectivity index (χ4v) is 3.31. The van der Waals surface area contributed by atoms with E-state index in [4.69, 9.17) is 0 Å². The van der Waals surface area contributed by atoms with Crippen LogP contribution in [0.25, 0.3) is 0 Å². The second-order valence-corrected chi connectivity index (χ2v) is 6.31. The van der Waals surface area contributed by atoms with Crippen LogP contribution in [0.3, 0.4) is 0 Å². The van der Waals surface area contributed by atoms with Crippen LogP contribution in [0.2, 0.25) is 0 Å². The van der Waals surface area contributed by atoms with Crippen molar-refractivity contribution < 1.29 is 13.2 Å². The van der Waals surface area contributed by atoms with Gasteiger partial charge in [0.05, 0.1) is 11.8 Å². The van der Waals surface area contributed by atoms with E-state index in [1.54, 1.807) is 6.08 Å². The molecular formula is C14H15NO3S. The molecule has 0 unspecified atom stereocenters. The van der Waals surface area contributed by atoms with Gasteiger partial charge in [0, 0.05) is 12.0 Å².